The average Bonchev–Trinajstić information content (AvgIpc) is 3.03. The molecule has 1 rings (SSSR count). The van der Waals surface area contributed by atoms with Gasteiger partial charge in [0.2, 0.25) is 5.91 Å². The van der Waals surface area contributed by atoms with Crippen molar-refractivity contribution in [3.63, 3.8) is 0 Å². The van der Waals surface area contributed by atoms with E-state index in [4.69, 9.17) is 14.2 Å². The normalized spacial score (nSPS) is 14.1. The number of ether oxygens (including phenoxy) is 3. The number of amides is 1. The van der Waals surface area contributed by atoms with Gasteiger partial charge in [-0.15, -0.1) is 0 Å². The Hall–Kier alpha value is -2.56. The predicted molar refractivity (Wildman–Crippen MR) is 181 cm³/mol. The molecule has 1 aromatic rings. The molecule has 0 radical (unpaired) electrons. The van der Waals surface area contributed by atoms with Gasteiger partial charge in [-0.3, -0.25) is 4.79 Å². The summed E-state index contributed by atoms with van der Waals surface area (Å²) in [5.74, 6) is -1.50. The molecule has 0 aromatic heterocycles. The zero-order valence-corrected chi connectivity index (χ0v) is 28.7. The first-order valence-electron chi connectivity index (χ1n) is 16.5. The van der Waals surface area contributed by atoms with E-state index in [1.54, 1.807) is 30.3 Å². The smallest absolute Gasteiger partial charge is 0.339 e. The molecule has 1 aromatic carbocycles. The second kappa shape index (κ2) is 24.6. The second-order valence-corrected chi connectivity index (χ2v) is 12.7. The van der Waals surface area contributed by atoms with Crippen LogP contribution in [0.5, 0.6) is 5.75 Å². The van der Waals surface area contributed by atoms with Crippen molar-refractivity contribution in [2.75, 3.05) is 38.9 Å². The predicted octanol–water partition coefficient (Wildman–Crippen LogP) is 6.35. The topological polar surface area (TPSA) is 131 Å². The van der Waals surface area contributed by atoms with E-state index in [2.05, 4.69) is 19.2 Å². The van der Waals surface area contributed by atoms with Crippen molar-refractivity contribution in [2.24, 2.45) is 5.92 Å². The molecule has 3 atom stereocenters. The van der Waals surface area contributed by atoms with Crippen molar-refractivity contribution in [2.45, 2.75) is 109 Å². The molecule has 0 aliphatic heterocycles. The third kappa shape index (κ3) is 16.5. The molecule has 1 amide bonds. The Morgan fingerprint density at radius 2 is 1.53 bits per heavy atom. The molecule has 0 saturated carbocycles. The molecule has 0 fully saturated rings. The minimum atomic E-state index is -2.53. The Morgan fingerprint density at radius 3 is 2.11 bits per heavy atom. The van der Waals surface area contributed by atoms with E-state index in [0.717, 1.165) is 49.8 Å². The maximum absolute atomic E-state index is 13.5. The van der Waals surface area contributed by atoms with E-state index < -0.39 is 42.0 Å². The Kier molecular flexibility index (Phi) is 22.2. The molecule has 0 saturated heterocycles. The second-order valence-electron chi connectivity index (χ2n) is 11.4. The quantitative estimate of drug-likeness (QED) is 0.0565. The number of benzene rings is 1. The number of hydrogen-bond donors (Lipinski definition) is 3. The summed E-state index contributed by atoms with van der Waals surface area (Å²) in [6.45, 7) is 4.31. The van der Waals surface area contributed by atoms with E-state index in [1.807, 2.05) is 11.8 Å². The van der Waals surface area contributed by atoms with Crippen LogP contribution in [0.15, 0.2) is 36.4 Å². The minimum absolute atomic E-state index is 0.108. The van der Waals surface area contributed by atoms with Gasteiger partial charge < -0.3 is 29.7 Å². The highest BCUT2D eigenvalue weighted by Crippen LogP contribution is 2.23. The minimum Gasteiger partial charge on any atom is -0.494 e. The molecule has 0 spiro atoms. The Balaban J connectivity index is 2.78. The van der Waals surface area contributed by atoms with Crippen molar-refractivity contribution in [3.8, 4) is 5.75 Å². The van der Waals surface area contributed by atoms with Gasteiger partial charge in [0, 0.05) is 13.5 Å². The van der Waals surface area contributed by atoms with Gasteiger partial charge in [0.05, 0.1) is 26.2 Å². The summed E-state index contributed by atoms with van der Waals surface area (Å²) in [5, 5.41) is 23.6. The Morgan fingerprint density at radius 1 is 0.911 bits per heavy atom. The summed E-state index contributed by atoms with van der Waals surface area (Å²) in [6, 6.07) is 6.09. The Labute approximate surface area is 274 Å². The van der Waals surface area contributed by atoms with Crippen molar-refractivity contribution in [3.05, 3.63) is 42.0 Å². The largest absolute Gasteiger partial charge is 0.494 e. The van der Waals surface area contributed by atoms with E-state index in [9.17, 15) is 24.6 Å². The summed E-state index contributed by atoms with van der Waals surface area (Å²) in [6.07, 6.45) is 16.5. The van der Waals surface area contributed by atoms with Gasteiger partial charge in [-0.25, -0.2) is 9.59 Å². The van der Waals surface area contributed by atoms with E-state index in [-0.39, 0.29) is 6.42 Å². The fourth-order valence-electron chi connectivity index (χ4n) is 4.82. The zero-order chi connectivity index (χ0) is 33.3. The highest BCUT2D eigenvalue weighted by atomic mass is 32.2. The van der Waals surface area contributed by atoms with Gasteiger partial charge in [-0.2, -0.15) is 11.8 Å². The molecule has 0 aliphatic carbocycles. The molecule has 256 valence electrons. The monoisotopic (exact) mass is 651 g/mol. The molecular weight excluding hydrogens is 594 g/mol. The number of hydrogen-bond acceptors (Lipinski definition) is 8. The van der Waals surface area contributed by atoms with Crippen LogP contribution in [-0.2, 0) is 30.3 Å². The number of aliphatic carboxylic acids is 1. The number of carbonyl (C=O) groups excluding carboxylic acids is 2. The van der Waals surface area contributed by atoms with Crippen LogP contribution >= 0.6 is 11.8 Å². The van der Waals surface area contributed by atoms with Gasteiger partial charge in [0.1, 0.15) is 11.8 Å². The summed E-state index contributed by atoms with van der Waals surface area (Å²) < 4.78 is 15.6. The molecule has 0 heterocycles. The number of unbranched alkanes of at least 4 members (excludes halogenated alkanes) is 9. The van der Waals surface area contributed by atoms with Crippen LogP contribution in [0, 0.1) is 5.92 Å². The number of esters is 1. The number of allylic oxidation sites excluding steroid dienone is 1. The maximum atomic E-state index is 13.5. The number of nitrogens with one attached hydrogen (secondary N) is 1. The third-order valence-corrected chi connectivity index (χ3v) is 8.75. The van der Waals surface area contributed by atoms with Crippen molar-refractivity contribution >= 4 is 29.6 Å². The fourth-order valence-corrected chi connectivity index (χ4v) is 5.84. The molecule has 0 aliphatic rings. The summed E-state index contributed by atoms with van der Waals surface area (Å²) in [4.78, 5) is 38.3. The highest BCUT2D eigenvalue weighted by molar-refractivity contribution is 7.99. The highest BCUT2D eigenvalue weighted by Gasteiger charge is 2.47. The van der Waals surface area contributed by atoms with E-state index in [0.29, 0.717) is 18.8 Å². The average molecular weight is 652 g/mol. The zero-order valence-electron chi connectivity index (χ0n) is 27.9. The van der Waals surface area contributed by atoms with Gasteiger partial charge in [-0.05, 0) is 61.3 Å². The van der Waals surface area contributed by atoms with Crippen LogP contribution in [0.2, 0.25) is 0 Å². The van der Waals surface area contributed by atoms with Crippen LogP contribution in [0.1, 0.15) is 96.5 Å². The van der Waals surface area contributed by atoms with E-state index >= 15 is 0 Å². The molecule has 10 heteroatoms. The maximum Gasteiger partial charge on any atom is 0.339 e. The Bertz CT molecular complexity index is 986. The summed E-state index contributed by atoms with van der Waals surface area (Å²) >= 11 is 2.02. The number of methoxy groups -OCH3 is 2. The van der Waals surface area contributed by atoms with E-state index in [1.165, 1.54) is 58.2 Å². The fraction of sp³-hybridized carbons (Fsp3) is 0.686. The van der Waals surface area contributed by atoms with Crippen LogP contribution < -0.4 is 10.1 Å². The van der Waals surface area contributed by atoms with Crippen LogP contribution in [-0.4, -0.2) is 78.6 Å². The molecule has 0 bridgehead atoms. The summed E-state index contributed by atoms with van der Waals surface area (Å²) in [7, 11) is 2.47. The first-order valence-corrected chi connectivity index (χ1v) is 17.7. The van der Waals surface area contributed by atoms with Crippen molar-refractivity contribution < 1.29 is 38.8 Å². The number of aliphatic hydroxyl groups is 1. The van der Waals surface area contributed by atoms with Crippen LogP contribution in [0.3, 0.4) is 0 Å². The number of carboxylic acid groups (broad SMARTS) is 1. The van der Waals surface area contributed by atoms with Gasteiger partial charge >= 0.3 is 11.9 Å². The molecule has 0 unspecified atom stereocenters. The molecule has 45 heavy (non-hydrogen) atoms. The van der Waals surface area contributed by atoms with Gasteiger partial charge in [-0.1, -0.05) is 83.1 Å². The first kappa shape index (κ1) is 40.5. The lowest BCUT2D eigenvalue weighted by molar-refractivity contribution is -0.173. The van der Waals surface area contributed by atoms with Crippen LogP contribution in [0.4, 0.5) is 0 Å². The lowest BCUT2D eigenvalue weighted by Crippen LogP contribution is -2.56. The molecular formula is C35H57NO8S. The lowest BCUT2D eigenvalue weighted by atomic mass is 9.86. The van der Waals surface area contributed by atoms with Gasteiger partial charge in [0.25, 0.3) is 0 Å². The lowest BCUT2D eigenvalue weighted by Gasteiger charge is -2.30. The molecule has 3 N–H and O–H groups in total. The number of thioether (sulfide) groups is 1. The SMILES string of the molecule is CCCCCCCSCCCCCC/C=C/[C@H](C(=O)N[C@@H](Cc1ccc(OCCCC)cc1)C(=O)OC)[C@@](O)(COC)C(=O)O. The van der Waals surface area contributed by atoms with Gasteiger partial charge in [0.15, 0.2) is 5.60 Å². The van der Waals surface area contributed by atoms with Crippen molar-refractivity contribution in [1.29, 1.82) is 0 Å². The number of carboxylic acids is 1. The first-order chi connectivity index (χ1) is 21.7. The standard InChI is InChI=1S/C35H57NO8S/c1-5-7-9-13-16-24-45-25-17-14-11-10-12-15-18-30(35(41,27-42-3)34(39)40)32(37)36-31(33(38)43-4)26-28-19-21-29(22-20-28)44-23-8-6-2/h15,18-22,30-31,41H,5-14,16-17,23-27H2,1-4H3,(H,36,37)(H,39,40)/b18-15+/t30-,31+,35+/m1/s1. The number of carbonyl (C=O) groups is 3. The van der Waals surface area contributed by atoms with Crippen molar-refractivity contribution in [1.82, 2.24) is 5.32 Å². The third-order valence-electron chi connectivity index (χ3n) is 7.59. The summed E-state index contributed by atoms with van der Waals surface area (Å²) in [5.41, 5.74) is -1.78. The van der Waals surface area contributed by atoms with Crippen LogP contribution in [0.25, 0.3) is 0 Å². The molecule has 9 nitrogen and oxygen atoms in total. The number of rotatable bonds is 27.